The number of likely N-dealkylation sites (N-methyl/N-ethyl adjacent to an activating group) is 1. The fraction of sp³-hybridized carbons (Fsp3) is 0.750. The third-order valence-electron chi connectivity index (χ3n) is 2.45. The number of nitrogens with zero attached hydrogens (tertiary/aromatic N) is 3. The highest BCUT2D eigenvalue weighted by Crippen LogP contribution is 2.10. The maximum atomic E-state index is 4.67. The van der Waals surface area contributed by atoms with Crippen LogP contribution in [0.3, 0.4) is 0 Å². The van der Waals surface area contributed by atoms with Crippen LogP contribution >= 0.6 is 0 Å². The van der Waals surface area contributed by atoms with Gasteiger partial charge in [-0.3, -0.25) is 4.90 Å². The Morgan fingerprint density at radius 3 is 3.31 bits per heavy atom. The summed E-state index contributed by atoms with van der Waals surface area (Å²) in [6, 6.07) is 0.618. The topological polar surface area (TPSA) is 54.2 Å². The van der Waals surface area contributed by atoms with Gasteiger partial charge in [0.2, 0.25) is 6.39 Å². The van der Waals surface area contributed by atoms with Gasteiger partial charge in [-0.05, 0) is 13.5 Å². The second-order valence-corrected chi connectivity index (χ2v) is 3.36. The lowest BCUT2D eigenvalue weighted by atomic mass is 10.3. The number of hydrogen-bond donors (Lipinski definition) is 1. The molecule has 1 aliphatic rings. The summed E-state index contributed by atoms with van der Waals surface area (Å²) in [7, 11) is 2.00. The van der Waals surface area contributed by atoms with Gasteiger partial charge in [0.15, 0.2) is 5.82 Å². The number of rotatable bonds is 3. The van der Waals surface area contributed by atoms with Gasteiger partial charge in [0.25, 0.3) is 0 Å². The molecule has 0 radical (unpaired) electrons. The highest BCUT2D eigenvalue weighted by atomic mass is 16.5. The van der Waals surface area contributed by atoms with Crippen molar-refractivity contribution in [2.45, 2.75) is 19.0 Å². The maximum absolute atomic E-state index is 4.67. The van der Waals surface area contributed by atoms with Gasteiger partial charge in [-0.1, -0.05) is 5.16 Å². The third-order valence-corrected chi connectivity index (χ3v) is 2.45. The molecule has 0 amide bonds. The highest BCUT2D eigenvalue weighted by molar-refractivity contribution is 4.85. The van der Waals surface area contributed by atoms with Gasteiger partial charge >= 0.3 is 0 Å². The summed E-state index contributed by atoms with van der Waals surface area (Å²) in [6.45, 7) is 2.99. The molecule has 13 heavy (non-hydrogen) atoms. The zero-order valence-electron chi connectivity index (χ0n) is 7.73. The van der Waals surface area contributed by atoms with Crippen LogP contribution in [-0.4, -0.2) is 41.2 Å². The van der Waals surface area contributed by atoms with Gasteiger partial charge in [0, 0.05) is 19.1 Å². The first-order valence-electron chi connectivity index (χ1n) is 4.53. The molecule has 1 saturated heterocycles. The average molecular weight is 182 g/mol. The van der Waals surface area contributed by atoms with Crippen molar-refractivity contribution < 1.29 is 4.52 Å². The molecule has 2 heterocycles. The summed E-state index contributed by atoms with van der Waals surface area (Å²) in [5.74, 6) is 0.775. The third kappa shape index (κ3) is 2.05. The molecule has 0 spiro atoms. The van der Waals surface area contributed by atoms with Crippen molar-refractivity contribution >= 4 is 0 Å². The molecule has 0 aliphatic carbocycles. The van der Waals surface area contributed by atoms with Gasteiger partial charge < -0.3 is 9.84 Å². The van der Waals surface area contributed by atoms with E-state index in [4.69, 9.17) is 0 Å². The molecule has 72 valence electrons. The molecule has 5 heteroatoms. The van der Waals surface area contributed by atoms with Crippen molar-refractivity contribution in [3.05, 3.63) is 12.2 Å². The SMILES string of the molecule is CNC1CCN(Cc2ncon2)C1. The molecule has 2 rings (SSSR count). The number of nitrogens with one attached hydrogen (secondary N) is 1. The molecule has 1 aromatic heterocycles. The standard InChI is InChI=1S/C8H14N4O/c1-9-7-2-3-12(4-7)5-8-10-6-13-11-8/h6-7,9H,2-5H2,1H3. The summed E-state index contributed by atoms with van der Waals surface area (Å²) < 4.78 is 4.67. The fourth-order valence-electron chi connectivity index (χ4n) is 1.67. The van der Waals surface area contributed by atoms with E-state index in [0.717, 1.165) is 25.5 Å². The molecule has 1 aliphatic heterocycles. The lowest BCUT2D eigenvalue weighted by molar-refractivity contribution is 0.305. The molecule has 1 N–H and O–H groups in total. The first kappa shape index (κ1) is 8.65. The van der Waals surface area contributed by atoms with E-state index in [9.17, 15) is 0 Å². The Morgan fingerprint density at radius 2 is 2.69 bits per heavy atom. The fourth-order valence-corrected chi connectivity index (χ4v) is 1.67. The summed E-state index contributed by atoms with van der Waals surface area (Å²) >= 11 is 0. The van der Waals surface area contributed by atoms with Gasteiger partial charge in [0.05, 0.1) is 6.54 Å². The summed E-state index contributed by atoms with van der Waals surface area (Å²) in [5.41, 5.74) is 0. The van der Waals surface area contributed by atoms with E-state index in [0.29, 0.717) is 6.04 Å². The smallest absolute Gasteiger partial charge is 0.213 e. The molecule has 0 saturated carbocycles. The predicted octanol–water partition coefficient (Wildman–Crippen LogP) is -0.137. The van der Waals surface area contributed by atoms with E-state index in [2.05, 4.69) is 24.9 Å². The number of hydrogen-bond acceptors (Lipinski definition) is 5. The Hall–Kier alpha value is -0.940. The Morgan fingerprint density at radius 1 is 1.77 bits per heavy atom. The second kappa shape index (κ2) is 3.85. The molecular weight excluding hydrogens is 168 g/mol. The minimum absolute atomic E-state index is 0.618. The van der Waals surface area contributed by atoms with Crippen LogP contribution in [0.2, 0.25) is 0 Å². The van der Waals surface area contributed by atoms with Crippen LogP contribution in [-0.2, 0) is 6.54 Å². The summed E-state index contributed by atoms with van der Waals surface area (Å²) in [6.07, 6.45) is 2.58. The van der Waals surface area contributed by atoms with E-state index >= 15 is 0 Å². The molecule has 0 bridgehead atoms. The number of likely N-dealkylation sites (tertiary alicyclic amines) is 1. The molecule has 1 fully saturated rings. The van der Waals surface area contributed by atoms with Gasteiger partial charge in [-0.25, -0.2) is 0 Å². The van der Waals surface area contributed by atoms with Crippen molar-refractivity contribution in [3.63, 3.8) is 0 Å². The highest BCUT2D eigenvalue weighted by Gasteiger charge is 2.21. The minimum Gasteiger partial charge on any atom is -0.343 e. The van der Waals surface area contributed by atoms with E-state index in [1.165, 1.54) is 12.8 Å². The molecular formula is C8H14N4O. The first-order valence-corrected chi connectivity index (χ1v) is 4.53. The van der Waals surface area contributed by atoms with Crippen molar-refractivity contribution in [3.8, 4) is 0 Å². The Balaban J connectivity index is 1.84. The molecule has 0 aromatic carbocycles. The van der Waals surface area contributed by atoms with Crippen LogP contribution in [0.25, 0.3) is 0 Å². The molecule has 5 nitrogen and oxygen atoms in total. The molecule has 1 unspecified atom stereocenters. The quantitative estimate of drug-likeness (QED) is 0.705. The van der Waals surface area contributed by atoms with Crippen LogP contribution in [0.15, 0.2) is 10.9 Å². The largest absolute Gasteiger partial charge is 0.343 e. The summed E-state index contributed by atoms with van der Waals surface area (Å²) in [4.78, 5) is 6.32. The number of aromatic nitrogens is 2. The molecule has 1 atom stereocenters. The van der Waals surface area contributed by atoms with Crippen molar-refractivity contribution in [1.29, 1.82) is 0 Å². The zero-order chi connectivity index (χ0) is 9.10. The Kier molecular flexibility index (Phi) is 2.56. The lowest BCUT2D eigenvalue weighted by Crippen LogP contribution is -2.29. The van der Waals surface area contributed by atoms with Gasteiger partial charge in [-0.15, -0.1) is 0 Å². The maximum Gasteiger partial charge on any atom is 0.213 e. The monoisotopic (exact) mass is 182 g/mol. The normalized spacial score (nSPS) is 23.9. The second-order valence-electron chi connectivity index (χ2n) is 3.36. The van der Waals surface area contributed by atoms with Gasteiger partial charge in [-0.2, -0.15) is 4.98 Å². The predicted molar refractivity (Wildman–Crippen MR) is 47.0 cm³/mol. The minimum atomic E-state index is 0.618. The van der Waals surface area contributed by atoms with Crippen LogP contribution in [0.4, 0.5) is 0 Å². The Labute approximate surface area is 77.1 Å². The van der Waals surface area contributed by atoms with Crippen molar-refractivity contribution in [1.82, 2.24) is 20.4 Å². The van der Waals surface area contributed by atoms with E-state index in [1.54, 1.807) is 0 Å². The first-order chi connectivity index (χ1) is 6.38. The zero-order valence-corrected chi connectivity index (χ0v) is 7.73. The van der Waals surface area contributed by atoms with Crippen LogP contribution in [0.5, 0.6) is 0 Å². The van der Waals surface area contributed by atoms with Crippen molar-refractivity contribution in [2.24, 2.45) is 0 Å². The van der Waals surface area contributed by atoms with E-state index in [1.807, 2.05) is 7.05 Å². The lowest BCUT2D eigenvalue weighted by Gasteiger charge is -2.12. The summed E-state index contributed by atoms with van der Waals surface area (Å²) in [5, 5.41) is 7.05. The van der Waals surface area contributed by atoms with Crippen molar-refractivity contribution in [2.75, 3.05) is 20.1 Å². The van der Waals surface area contributed by atoms with Crippen LogP contribution < -0.4 is 5.32 Å². The van der Waals surface area contributed by atoms with Crippen LogP contribution in [0.1, 0.15) is 12.2 Å². The van der Waals surface area contributed by atoms with E-state index in [-0.39, 0.29) is 0 Å². The molecule has 1 aromatic rings. The van der Waals surface area contributed by atoms with E-state index < -0.39 is 0 Å². The van der Waals surface area contributed by atoms with Gasteiger partial charge in [0.1, 0.15) is 0 Å². The Bertz CT molecular complexity index is 249. The van der Waals surface area contributed by atoms with Crippen LogP contribution in [0, 0.1) is 0 Å². The average Bonchev–Trinajstić information content (AvgIpc) is 2.76.